The van der Waals surface area contributed by atoms with Crippen molar-refractivity contribution in [1.29, 1.82) is 0 Å². The maximum absolute atomic E-state index is 12.1. The van der Waals surface area contributed by atoms with E-state index in [4.69, 9.17) is 4.74 Å². The van der Waals surface area contributed by atoms with Crippen LogP contribution in [-0.2, 0) is 6.54 Å². The summed E-state index contributed by atoms with van der Waals surface area (Å²) in [4.78, 5) is 13.8. The zero-order valence-electron chi connectivity index (χ0n) is 14.9. The Balaban J connectivity index is 1.77. The SMILES string of the molecule is Cc1cc(C)c(OCCNC(=O)N(C)Cc2ccccc2)c(C)c1. The molecule has 0 aliphatic rings. The standard InChI is InChI=1S/C20H26N2O2/c1-15-12-16(2)19(17(3)13-15)24-11-10-21-20(23)22(4)14-18-8-6-5-7-9-18/h5-9,12-13H,10-11,14H2,1-4H3,(H,21,23). The van der Waals surface area contributed by atoms with Gasteiger partial charge in [-0.15, -0.1) is 0 Å². The molecular weight excluding hydrogens is 300 g/mol. The maximum atomic E-state index is 12.1. The Morgan fingerprint density at radius 3 is 2.33 bits per heavy atom. The number of nitrogens with one attached hydrogen (secondary N) is 1. The van der Waals surface area contributed by atoms with Gasteiger partial charge >= 0.3 is 6.03 Å². The number of benzene rings is 2. The minimum Gasteiger partial charge on any atom is -0.491 e. The number of hydrogen-bond donors (Lipinski definition) is 1. The molecule has 0 heterocycles. The minimum absolute atomic E-state index is 0.0974. The van der Waals surface area contributed by atoms with Gasteiger partial charge in [-0.2, -0.15) is 0 Å². The molecular formula is C20H26N2O2. The van der Waals surface area contributed by atoms with Gasteiger partial charge in [0.15, 0.2) is 0 Å². The first-order valence-electron chi connectivity index (χ1n) is 8.21. The summed E-state index contributed by atoms with van der Waals surface area (Å²) in [6.07, 6.45) is 0. The molecule has 0 saturated heterocycles. The summed E-state index contributed by atoms with van der Waals surface area (Å²) in [5, 5.41) is 2.89. The second-order valence-electron chi connectivity index (χ2n) is 6.15. The monoisotopic (exact) mass is 326 g/mol. The quantitative estimate of drug-likeness (QED) is 0.820. The molecule has 0 saturated carbocycles. The van der Waals surface area contributed by atoms with Crippen LogP contribution in [0.2, 0.25) is 0 Å². The Labute approximate surface area is 144 Å². The fraction of sp³-hybridized carbons (Fsp3) is 0.350. The lowest BCUT2D eigenvalue weighted by Gasteiger charge is -2.18. The highest BCUT2D eigenvalue weighted by Gasteiger charge is 2.09. The number of aryl methyl sites for hydroxylation is 3. The van der Waals surface area contributed by atoms with Gasteiger partial charge in [-0.1, -0.05) is 48.0 Å². The zero-order chi connectivity index (χ0) is 17.5. The molecule has 0 fully saturated rings. The van der Waals surface area contributed by atoms with Crippen molar-refractivity contribution in [3.05, 3.63) is 64.7 Å². The van der Waals surface area contributed by atoms with Crippen LogP contribution in [0.4, 0.5) is 4.79 Å². The zero-order valence-corrected chi connectivity index (χ0v) is 14.9. The van der Waals surface area contributed by atoms with Crippen molar-refractivity contribution in [2.24, 2.45) is 0 Å². The first-order valence-corrected chi connectivity index (χ1v) is 8.21. The lowest BCUT2D eigenvalue weighted by Crippen LogP contribution is -2.38. The lowest BCUT2D eigenvalue weighted by molar-refractivity contribution is 0.203. The van der Waals surface area contributed by atoms with Crippen molar-refractivity contribution in [3.8, 4) is 5.75 Å². The first kappa shape index (κ1) is 17.9. The molecule has 0 spiro atoms. The molecule has 0 aromatic heterocycles. The van der Waals surface area contributed by atoms with Crippen LogP contribution >= 0.6 is 0 Å². The van der Waals surface area contributed by atoms with Crippen molar-refractivity contribution in [1.82, 2.24) is 10.2 Å². The summed E-state index contributed by atoms with van der Waals surface area (Å²) in [7, 11) is 1.79. The molecule has 0 aliphatic heterocycles. The number of amides is 2. The summed E-state index contributed by atoms with van der Waals surface area (Å²) in [5.74, 6) is 0.910. The summed E-state index contributed by atoms with van der Waals surface area (Å²) >= 11 is 0. The maximum Gasteiger partial charge on any atom is 0.317 e. The van der Waals surface area contributed by atoms with E-state index in [0.717, 1.165) is 22.4 Å². The normalized spacial score (nSPS) is 10.3. The van der Waals surface area contributed by atoms with E-state index in [2.05, 4.69) is 24.4 Å². The van der Waals surface area contributed by atoms with E-state index < -0.39 is 0 Å². The van der Waals surface area contributed by atoms with Gasteiger partial charge in [-0.3, -0.25) is 0 Å². The van der Waals surface area contributed by atoms with Crippen molar-refractivity contribution >= 4 is 6.03 Å². The fourth-order valence-electron chi connectivity index (χ4n) is 2.77. The molecule has 0 unspecified atom stereocenters. The third-order valence-corrected chi connectivity index (χ3v) is 3.84. The summed E-state index contributed by atoms with van der Waals surface area (Å²) in [5.41, 5.74) is 4.59. The van der Waals surface area contributed by atoms with Crippen molar-refractivity contribution < 1.29 is 9.53 Å². The van der Waals surface area contributed by atoms with E-state index in [0.29, 0.717) is 19.7 Å². The van der Waals surface area contributed by atoms with Crippen LogP contribution in [0.5, 0.6) is 5.75 Å². The molecule has 0 radical (unpaired) electrons. The summed E-state index contributed by atoms with van der Waals surface area (Å²) in [6.45, 7) is 7.68. The van der Waals surface area contributed by atoms with E-state index in [-0.39, 0.29) is 6.03 Å². The number of urea groups is 1. The molecule has 4 heteroatoms. The van der Waals surface area contributed by atoms with Crippen LogP contribution in [0, 0.1) is 20.8 Å². The molecule has 2 amide bonds. The van der Waals surface area contributed by atoms with E-state index in [1.807, 2.05) is 44.2 Å². The number of rotatable bonds is 6. The molecule has 24 heavy (non-hydrogen) atoms. The van der Waals surface area contributed by atoms with Gasteiger partial charge in [-0.05, 0) is 37.5 Å². The molecule has 0 bridgehead atoms. The Kier molecular flexibility index (Phi) is 6.24. The Hall–Kier alpha value is -2.49. The van der Waals surface area contributed by atoms with Crippen molar-refractivity contribution in [2.75, 3.05) is 20.2 Å². The van der Waals surface area contributed by atoms with E-state index in [9.17, 15) is 4.79 Å². The molecule has 2 rings (SSSR count). The first-order chi connectivity index (χ1) is 11.5. The molecule has 0 aliphatic carbocycles. The highest BCUT2D eigenvalue weighted by Crippen LogP contribution is 2.24. The number of hydrogen-bond acceptors (Lipinski definition) is 2. The molecule has 128 valence electrons. The van der Waals surface area contributed by atoms with E-state index >= 15 is 0 Å². The fourth-order valence-corrected chi connectivity index (χ4v) is 2.77. The molecule has 2 aromatic carbocycles. The van der Waals surface area contributed by atoms with Crippen molar-refractivity contribution in [3.63, 3.8) is 0 Å². The second kappa shape index (κ2) is 8.39. The average Bonchev–Trinajstić information content (AvgIpc) is 2.53. The highest BCUT2D eigenvalue weighted by molar-refractivity contribution is 5.73. The lowest BCUT2D eigenvalue weighted by atomic mass is 10.1. The smallest absolute Gasteiger partial charge is 0.317 e. The van der Waals surface area contributed by atoms with E-state index in [1.54, 1.807) is 11.9 Å². The molecule has 2 aromatic rings. The third kappa shape index (κ3) is 5.01. The van der Waals surface area contributed by atoms with Gasteiger partial charge in [0, 0.05) is 13.6 Å². The van der Waals surface area contributed by atoms with Gasteiger partial charge in [-0.25, -0.2) is 4.79 Å². The van der Waals surface area contributed by atoms with Gasteiger partial charge in [0.25, 0.3) is 0 Å². The van der Waals surface area contributed by atoms with Crippen LogP contribution in [0.15, 0.2) is 42.5 Å². The van der Waals surface area contributed by atoms with Gasteiger partial charge < -0.3 is 15.0 Å². The second-order valence-corrected chi connectivity index (χ2v) is 6.15. The molecule has 1 N–H and O–H groups in total. The summed E-state index contributed by atoms with van der Waals surface area (Å²) < 4.78 is 5.84. The number of nitrogens with zero attached hydrogens (tertiary/aromatic N) is 1. The van der Waals surface area contributed by atoms with Crippen LogP contribution in [0.1, 0.15) is 22.3 Å². The highest BCUT2D eigenvalue weighted by atomic mass is 16.5. The molecule has 0 atom stereocenters. The number of carbonyl (C=O) groups excluding carboxylic acids is 1. The predicted octanol–water partition coefficient (Wildman–Crippen LogP) is 3.83. The largest absolute Gasteiger partial charge is 0.491 e. The van der Waals surface area contributed by atoms with Gasteiger partial charge in [0.1, 0.15) is 12.4 Å². The van der Waals surface area contributed by atoms with Crippen LogP contribution in [0.25, 0.3) is 0 Å². The third-order valence-electron chi connectivity index (χ3n) is 3.84. The Bertz CT molecular complexity index is 660. The van der Waals surface area contributed by atoms with Crippen LogP contribution in [-0.4, -0.2) is 31.1 Å². The Morgan fingerprint density at radius 1 is 1.08 bits per heavy atom. The van der Waals surface area contributed by atoms with Crippen molar-refractivity contribution in [2.45, 2.75) is 27.3 Å². The van der Waals surface area contributed by atoms with Crippen LogP contribution < -0.4 is 10.1 Å². The van der Waals surface area contributed by atoms with Gasteiger partial charge in [0.2, 0.25) is 0 Å². The Morgan fingerprint density at radius 2 is 1.71 bits per heavy atom. The number of ether oxygens (including phenoxy) is 1. The topological polar surface area (TPSA) is 41.6 Å². The molecule has 4 nitrogen and oxygen atoms in total. The average molecular weight is 326 g/mol. The van der Waals surface area contributed by atoms with Gasteiger partial charge in [0.05, 0.1) is 6.54 Å². The minimum atomic E-state index is -0.0974. The summed E-state index contributed by atoms with van der Waals surface area (Å²) in [6, 6.07) is 14.0. The van der Waals surface area contributed by atoms with Crippen LogP contribution in [0.3, 0.4) is 0 Å². The number of carbonyl (C=O) groups is 1. The predicted molar refractivity (Wildman–Crippen MR) is 97.5 cm³/mol. The van der Waals surface area contributed by atoms with E-state index in [1.165, 1.54) is 5.56 Å².